The molecule has 1 fully saturated rings. The van der Waals surface area contributed by atoms with E-state index in [1.54, 1.807) is 6.07 Å². The predicted octanol–water partition coefficient (Wildman–Crippen LogP) is 4.81. The van der Waals surface area contributed by atoms with Crippen molar-refractivity contribution in [2.45, 2.75) is 56.4 Å². The molecular weight excluding hydrogens is 462 g/mol. The van der Waals surface area contributed by atoms with Gasteiger partial charge in [0.2, 0.25) is 5.91 Å². The molecule has 178 valence electrons. The maximum Gasteiger partial charge on any atom is 0.416 e. The first-order valence-corrected chi connectivity index (χ1v) is 10.3. The molecule has 0 aliphatic heterocycles. The molecule has 1 aliphatic carbocycles. The molecule has 0 saturated heterocycles. The summed E-state index contributed by atoms with van der Waals surface area (Å²) in [6.07, 6.45) is -0.961. The van der Waals surface area contributed by atoms with Gasteiger partial charge in [0, 0.05) is 18.5 Å². The molecule has 1 amide bonds. The minimum Gasteiger partial charge on any atom is -0.351 e. The summed E-state index contributed by atoms with van der Waals surface area (Å²) in [5.41, 5.74) is 6.96. The molecule has 4 N–H and O–H groups in total. The largest absolute Gasteiger partial charge is 0.416 e. The van der Waals surface area contributed by atoms with Crippen molar-refractivity contribution in [1.29, 1.82) is 0 Å². The van der Waals surface area contributed by atoms with Crippen molar-refractivity contribution in [2.24, 2.45) is 5.73 Å². The van der Waals surface area contributed by atoms with Crippen molar-refractivity contribution in [1.82, 2.24) is 10.6 Å². The zero-order chi connectivity index (χ0) is 21.6. The number of hydrogen-bond acceptors (Lipinski definition) is 3. The van der Waals surface area contributed by atoms with Gasteiger partial charge in [0.25, 0.3) is 0 Å². The van der Waals surface area contributed by atoms with Crippen LogP contribution in [0.1, 0.15) is 48.3 Å². The molecule has 0 heterocycles. The van der Waals surface area contributed by atoms with E-state index in [1.165, 1.54) is 11.6 Å². The molecule has 3 atom stereocenters. The summed E-state index contributed by atoms with van der Waals surface area (Å²) in [7, 11) is 0. The minimum absolute atomic E-state index is 0. The predicted molar refractivity (Wildman–Crippen MR) is 125 cm³/mol. The average molecular weight is 492 g/mol. The molecule has 32 heavy (non-hydrogen) atoms. The van der Waals surface area contributed by atoms with Gasteiger partial charge < -0.3 is 16.4 Å². The van der Waals surface area contributed by atoms with E-state index in [4.69, 9.17) is 5.73 Å². The maximum atomic E-state index is 12.7. The van der Waals surface area contributed by atoms with Gasteiger partial charge in [0.1, 0.15) is 0 Å². The van der Waals surface area contributed by atoms with Crippen molar-refractivity contribution < 1.29 is 18.0 Å². The van der Waals surface area contributed by atoms with Gasteiger partial charge >= 0.3 is 6.18 Å². The zero-order valence-corrected chi connectivity index (χ0v) is 19.2. The third-order valence-corrected chi connectivity index (χ3v) is 5.42. The van der Waals surface area contributed by atoms with E-state index in [0.29, 0.717) is 23.9 Å². The summed E-state index contributed by atoms with van der Waals surface area (Å²) in [5.74, 6) is 0.252. The highest BCUT2D eigenvalue weighted by molar-refractivity contribution is 5.85. The monoisotopic (exact) mass is 491 g/mol. The Morgan fingerprint density at radius 2 is 1.78 bits per heavy atom. The van der Waals surface area contributed by atoms with Crippen LogP contribution in [0.15, 0.2) is 54.6 Å². The fourth-order valence-corrected chi connectivity index (χ4v) is 3.57. The standard InChI is InChI=1S/C23H28F3N3O.2ClH/c24-23(25,26)18-10-6-7-16(13-18)15-29-22(30)20(27)11-4-5-12-28-21-14-19(21)17-8-2-1-3-9-17;;/h1-3,6-10,13,19-21,28H,4-5,11-12,14-15,27H2,(H,29,30);2*1H. The van der Waals surface area contributed by atoms with E-state index >= 15 is 0 Å². The Hall–Kier alpha value is -1.80. The molecule has 0 spiro atoms. The number of hydrogen-bond donors (Lipinski definition) is 3. The third kappa shape index (κ3) is 8.62. The Labute approximate surface area is 199 Å². The Bertz CT molecular complexity index is 837. The van der Waals surface area contributed by atoms with Crippen molar-refractivity contribution in [3.05, 3.63) is 71.3 Å². The van der Waals surface area contributed by atoms with Gasteiger partial charge in [-0.05, 0) is 49.1 Å². The second kappa shape index (κ2) is 13.0. The van der Waals surface area contributed by atoms with E-state index in [9.17, 15) is 18.0 Å². The van der Waals surface area contributed by atoms with Gasteiger partial charge in [-0.2, -0.15) is 13.2 Å². The Balaban J connectivity index is 0.00000256. The van der Waals surface area contributed by atoms with E-state index in [0.717, 1.165) is 37.9 Å². The quantitative estimate of drug-likeness (QED) is 0.417. The summed E-state index contributed by atoms with van der Waals surface area (Å²) in [6, 6.07) is 15.2. The lowest BCUT2D eigenvalue weighted by Crippen LogP contribution is -2.40. The number of rotatable bonds is 10. The molecule has 4 nitrogen and oxygen atoms in total. The van der Waals surface area contributed by atoms with Crippen LogP contribution in [0.4, 0.5) is 13.2 Å². The topological polar surface area (TPSA) is 67.1 Å². The lowest BCUT2D eigenvalue weighted by atomic mass is 10.1. The number of carbonyl (C=O) groups is 1. The summed E-state index contributed by atoms with van der Waals surface area (Å²) in [5, 5.41) is 6.16. The molecule has 1 aliphatic rings. The van der Waals surface area contributed by atoms with Crippen molar-refractivity contribution in [2.75, 3.05) is 6.54 Å². The van der Waals surface area contributed by atoms with E-state index in [2.05, 4.69) is 34.9 Å². The molecule has 3 unspecified atom stereocenters. The van der Waals surface area contributed by atoms with Crippen LogP contribution < -0.4 is 16.4 Å². The number of carbonyl (C=O) groups excluding carboxylic acids is 1. The highest BCUT2D eigenvalue weighted by Gasteiger charge is 2.37. The van der Waals surface area contributed by atoms with E-state index < -0.39 is 17.8 Å². The molecule has 0 aromatic heterocycles. The van der Waals surface area contributed by atoms with Crippen LogP contribution >= 0.6 is 24.8 Å². The fraction of sp³-hybridized carbons (Fsp3) is 0.435. The summed E-state index contributed by atoms with van der Waals surface area (Å²) < 4.78 is 38.2. The first-order chi connectivity index (χ1) is 14.3. The van der Waals surface area contributed by atoms with Gasteiger partial charge in [-0.25, -0.2) is 0 Å². The van der Waals surface area contributed by atoms with E-state index in [1.807, 2.05) is 6.07 Å². The van der Waals surface area contributed by atoms with E-state index in [-0.39, 0.29) is 37.3 Å². The molecular formula is C23H30Cl2F3N3O. The average Bonchev–Trinajstić information content (AvgIpc) is 3.51. The second-order valence-corrected chi connectivity index (χ2v) is 7.83. The van der Waals surface area contributed by atoms with Crippen molar-refractivity contribution in [3.63, 3.8) is 0 Å². The van der Waals surface area contributed by atoms with Crippen LogP contribution in [0.2, 0.25) is 0 Å². The van der Waals surface area contributed by atoms with Crippen LogP contribution in [0.5, 0.6) is 0 Å². The molecule has 2 aromatic rings. The number of nitrogens with one attached hydrogen (secondary N) is 2. The molecule has 2 aromatic carbocycles. The fourth-order valence-electron chi connectivity index (χ4n) is 3.57. The number of unbranched alkanes of at least 4 members (excludes halogenated alkanes) is 1. The summed E-state index contributed by atoms with van der Waals surface area (Å²) >= 11 is 0. The molecule has 3 rings (SSSR count). The van der Waals surface area contributed by atoms with Crippen molar-refractivity contribution >= 4 is 30.7 Å². The number of alkyl halides is 3. The van der Waals surface area contributed by atoms with Crippen LogP contribution in [0.25, 0.3) is 0 Å². The number of nitrogens with two attached hydrogens (primary N) is 1. The van der Waals surface area contributed by atoms with Crippen LogP contribution in [0, 0.1) is 0 Å². The SMILES string of the molecule is Cl.Cl.NC(CCCCNC1CC1c1ccccc1)C(=O)NCc1cccc(C(F)(F)F)c1. The maximum absolute atomic E-state index is 12.7. The number of benzene rings is 2. The van der Waals surface area contributed by atoms with Crippen LogP contribution in [-0.2, 0) is 17.5 Å². The third-order valence-electron chi connectivity index (χ3n) is 5.42. The lowest BCUT2D eigenvalue weighted by molar-refractivity contribution is -0.137. The normalized spacial score (nSPS) is 18.1. The van der Waals surface area contributed by atoms with Crippen LogP contribution in [0.3, 0.4) is 0 Å². The number of amides is 1. The van der Waals surface area contributed by atoms with Crippen LogP contribution in [-0.4, -0.2) is 24.5 Å². The summed E-state index contributed by atoms with van der Waals surface area (Å²) in [6.45, 7) is 0.910. The highest BCUT2D eigenvalue weighted by atomic mass is 35.5. The molecule has 1 saturated carbocycles. The Morgan fingerprint density at radius 3 is 2.47 bits per heavy atom. The first kappa shape index (κ1) is 28.2. The van der Waals surface area contributed by atoms with Gasteiger partial charge in [-0.3, -0.25) is 4.79 Å². The lowest BCUT2D eigenvalue weighted by Gasteiger charge is -2.13. The zero-order valence-electron chi connectivity index (χ0n) is 17.6. The van der Waals surface area contributed by atoms with Gasteiger partial charge in [-0.15, -0.1) is 24.8 Å². The summed E-state index contributed by atoms with van der Waals surface area (Å²) in [4.78, 5) is 12.1. The Morgan fingerprint density at radius 1 is 1.06 bits per heavy atom. The first-order valence-electron chi connectivity index (χ1n) is 10.3. The smallest absolute Gasteiger partial charge is 0.351 e. The number of halogens is 5. The second-order valence-electron chi connectivity index (χ2n) is 7.83. The Kier molecular flexibility index (Phi) is 11.5. The van der Waals surface area contributed by atoms with Gasteiger partial charge in [-0.1, -0.05) is 48.9 Å². The highest BCUT2D eigenvalue weighted by Crippen LogP contribution is 2.40. The molecule has 0 bridgehead atoms. The van der Waals surface area contributed by atoms with Gasteiger partial charge in [0.05, 0.1) is 11.6 Å². The minimum atomic E-state index is -4.40. The van der Waals surface area contributed by atoms with Crippen molar-refractivity contribution in [3.8, 4) is 0 Å². The molecule has 0 radical (unpaired) electrons. The molecule has 9 heteroatoms. The van der Waals surface area contributed by atoms with Gasteiger partial charge in [0.15, 0.2) is 0 Å².